The number of halogens is 2. The van der Waals surface area contributed by atoms with E-state index in [1.54, 1.807) is 4.68 Å². The first-order chi connectivity index (χ1) is 10.1. The number of morpholine rings is 1. The molecule has 1 aliphatic heterocycles. The monoisotopic (exact) mass is 364 g/mol. The lowest BCUT2D eigenvalue weighted by molar-refractivity contribution is -0.140. The molecule has 2 N–H and O–H groups in total. The number of hydrogen-bond acceptors (Lipinski definition) is 4. The molecule has 1 aliphatic carbocycles. The van der Waals surface area contributed by atoms with Gasteiger partial charge in [-0.05, 0) is 18.8 Å². The predicted molar refractivity (Wildman–Crippen MR) is 92.9 cm³/mol. The summed E-state index contributed by atoms with van der Waals surface area (Å²) in [7, 11) is 1.89. The Morgan fingerprint density at radius 1 is 1.43 bits per heavy atom. The van der Waals surface area contributed by atoms with E-state index in [-0.39, 0.29) is 42.9 Å². The van der Waals surface area contributed by atoms with Gasteiger partial charge in [-0.2, -0.15) is 5.10 Å². The number of carbonyl (C=O) groups is 1. The highest BCUT2D eigenvalue weighted by Gasteiger charge is 2.31. The van der Waals surface area contributed by atoms with Gasteiger partial charge in [0.25, 0.3) is 0 Å². The summed E-state index contributed by atoms with van der Waals surface area (Å²) in [4.78, 5) is 14.4. The topological polar surface area (TPSA) is 73.4 Å². The third-order valence-corrected chi connectivity index (χ3v) is 4.67. The standard InChI is InChI=1S/C15H24N4O2.2ClH/c1-18-9-12(8-17-18)14-10-19(5-6-21-14)15(20)7-11-3-2-4-13(11)16;;/h8-9,11,13-14H,2-7,10,16H2,1H3;2*1H/t11-,13+,14?;;/m0../s1. The minimum absolute atomic E-state index is 0. The first-order valence-corrected chi connectivity index (χ1v) is 7.77. The molecular formula is C15H26Cl2N4O2. The second-order valence-corrected chi connectivity index (χ2v) is 6.21. The Labute approximate surface area is 149 Å². The second kappa shape index (κ2) is 8.87. The summed E-state index contributed by atoms with van der Waals surface area (Å²) in [5.74, 6) is 0.576. The number of rotatable bonds is 3. The highest BCUT2D eigenvalue weighted by molar-refractivity contribution is 5.85. The van der Waals surface area contributed by atoms with E-state index in [0.717, 1.165) is 24.8 Å². The minimum Gasteiger partial charge on any atom is -0.370 e. The van der Waals surface area contributed by atoms with E-state index in [9.17, 15) is 4.79 Å². The number of nitrogens with two attached hydrogens (primary N) is 1. The van der Waals surface area contributed by atoms with Crippen LogP contribution in [-0.2, 0) is 16.6 Å². The fourth-order valence-corrected chi connectivity index (χ4v) is 3.36. The first kappa shape index (κ1) is 20.2. The summed E-state index contributed by atoms with van der Waals surface area (Å²) in [5.41, 5.74) is 7.11. The number of aromatic nitrogens is 2. The zero-order valence-corrected chi connectivity index (χ0v) is 15.0. The van der Waals surface area contributed by atoms with E-state index in [2.05, 4.69) is 5.10 Å². The molecule has 0 bridgehead atoms. The predicted octanol–water partition coefficient (Wildman–Crippen LogP) is 1.68. The number of carbonyl (C=O) groups excluding carboxylic acids is 1. The lowest BCUT2D eigenvalue weighted by Gasteiger charge is -2.33. The molecule has 2 heterocycles. The van der Waals surface area contributed by atoms with Crippen molar-refractivity contribution in [3.63, 3.8) is 0 Å². The average Bonchev–Trinajstić information content (AvgIpc) is 3.08. The van der Waals surface area contributed by atoms with Crippen molar-refractivity contribution in [2.24, 2.45) is 18.7 Å². The quantitative estimate of drug-likeness (QED) is 0.885. The van der Waals surface area contributed by atoms with Gasteiger partial charge in [0.2, 0.25) is 5.91 Å². The first-order valence-electron chi connectivity index (χ1n) is 7.77. The molecule has 8 heteroatoms. The largest absolute Gasteiger partial charge is 0.370 e. The van der Waals surface area contributed by atoms with E-state index < -0.39 is 0 Å². The van der Waals surface area contributed by atoms with Crippen LogP contribution in [0.15, 0.2) is 12.4 Å². The molecule has 1 aromatic rings. The molecule has 0 radical (unpaired) electrons. The van der Waals surface area contributed by atoms with Crippen molar-refractivity contribution in [1.29, 1.82) is 0 Å². The molecule has 0 aromatic carbocycles. The van der Waals surface area contributed by atoms with Crippen LogP contribution in [0.5, 0.6) is 0 Å². The maximum atomic E-state index is 12.5. The summed E-state index contributed by atoms with van der Waals surface area (Å²) in [6.07, 6.45) is 7.58. The van der Waals surface area contributed by atoms with Crippen molar-refractivity contribution in [2.45, 2.75) is 37.8 Å². The lowest BCUT2D eigenvalue weighted by Crippen LogP contribution is -2.43. The van der Waals surface area contributed by atoms with Crippen molar-refractivity contribution in [1.82, 2.24) is 14.7 Å². The molecule has 1 aromatic heterocycles. The van der Waals surface area contributed by atoms with Gasteiger partial charge in [-0.1, -0.05) is 6.42 Å². The Morgan fingerprint density at radius 3 is 2.83 bits per heavy atom. The van der Waals surface area contributed by atoms with Crippen LogP contribution in [0.1, 0.15) is 37.4 Å². The zero-order valence-electron chi connectivity index (χ0n) is 13.4. The maximum absolute atomic E-state index is 12.5. The Hall–Kier alpha value is -0.820. The van der Waals surface area contributed by atoms with Gasteiger partial charge in [-0.25, -0.2) is 0 Å². The van der Waals surface area contributed by atoms with Crippen LogP contribution in [0.2, 0.25) is 0 Å². The summed E-state index contributed by atoms with van der Waals surface area (Å²) in [6, 6.07) is 0.198. The molecule has 1 amide bonds. The number of nitrogens with zero attached hydrogens (tertiary/aromatic N) is 3. The van der Waals surface area contributed by atoms with Crippen molar-refractivity contribution in [2.75, 3.05) is 19.7 Å². The zero-order chi connectivity index (χ0) is 14.8. The van der Waals surface area contributed by atoms with Gasteiger partial charge in [0.15, 0.2) is 0 Å². The molecule has 2 aliphatic rings. The van der Waals surface area contributed by atoms with Crippen LogP contribution in [0, 0.1) is 5.92 Å². The van der Waals surface area contributed by atoms with Gasteiger partial charge in [0, 0.05) is 37.8 Å². The van der Waals surface area contributed by atoms with Gasteiger partial charge >= 0.3 is 0 Å². The average molecular weight is 365 g/mol. The van der Waals surface area contributed by atoms with Crippen molar-refractivity contribution < 1.29 is 9.53 Å². The molecule has 3 atom stereocenters. The van der Waals surface area contributed by atoms with Gasteiger partial charge in [0.05, 0.1) is 19.3 Å². The Morgan fingerprint density at radius 2 is 2.22 bits per heavy atom. The van der Waals surface area contributed by atoms with E-state index in [0.29, 0.717) is 32.0 Å². The van der Waals surface area contributed by atoms with E-state index in [1.807, 2.05) is 24.3 Å². The molecule has 0 spiro atoms. The number of ether oxygens (including phenoxy) is 1. The SMILES string of the molecule is Cl.Cl.Cn1cc(C2CN(C(=O)C[C@@H]3CCC[C@H]3N)CCO2)cn1. The van der Waals surface area contributed by atoms with Gasteiger partial charge in [-0.15, -0.1) is 24.8 Å². The summed E-state index contributed by atoms with van der Waals surface area (Å²) < 4.78 is 7.54. The second-order valence-electron chi connectivity index (χ2n) is 6.21. The van der Waals surface area contributed by atoms with Crippen LogP contribution in [-0.4, -0.2) is 46.3 Å². The summed E-state index contributed by atoms with van der Waals surface area (Å²) >= 11 is 0. The molecule has 1 unspecified atom stereocenters. The van der Waals surface area contributed by atoms with E-state index in [4.69, 9.17) is 10.5 Å². The molecule has 6 nitrogen and oxygen atoms in total. The third kappa shape index (κ3) is 4.83. The third-order valence-electron chi connectivity index (χ3n) is 4.67. The van der Waals surface area contributed by atoms with Crippen molar-refractivity contribution in [3.8, 4) is 0 Å². The fourth-order valence-electron chi connectivity index (χ4n) is 3.36. The Kier molecular flexibility index (Phi) is 7.80. The van der Waals surface area contributed by atoms with Gasteiger partial charge in [0.1, 0.15) is 6.10 Å². The molecule has 1 saturated heterocycles. The number of aryl methyl sites for hydroxylation is 1. The van der Waals surface area contributed by atoms with E-state index >= 15 is 0 Å². The fraction of sp³-hybridized carbons (Fsp3) is 0.733. The number of hydrogen-bond donors (Lipinski definition) is 1. The maximum Gasteiger partial charge on any atom is 0.223 e. The van der Waals surface area contributed by atoms with Crippen LogP contribution in [0.4, 0.5) is 0 Å². The van der Waals surface area contributed by atoms with Crippen LogP contribution >= 0.6 is 24.8 Å². The summed E-state index contributed by atoms with van der Waals surface area (Å²) in [6.45, 7) is 1.88. The lowest BCUT2D eigenvalue weighted by atomic mass is 9.99. The molecule has 1 saturated carbocycles. The summed E-state index contributed by atoms with van der Waals surface area (Å²) in [5, 5.41) is 4.17. The van der Waals surface area contributed by atoms with Crippen molar-refractivity contribution >= 4 is 30.7 Å². The van der Waals surface area contributed by atoms with Crippen LogP contribution in [0.25, 0.3) is 0 Å². The molecule has 3 rings (SSSR count). The minimum atomic E-state index is -0.0614. The highest BCUT2D eigenvalue weighted by atomic mass is 35.5. The van der Waals surface area contributed by atoms with Gasteiger partial charge in [-0.3, -0.25) is 9.48 Å². The van der Waals surface area contributed by atoms with Gasteiger partial charge < -0.3 is 15.4 Å². The Bertz CT molecular complexity index is 511. The molecule has 23 heavy (non-hydrogen) atoms. The molecule has 2 fully saturated rings. The van der Waals surface area contributed by atoms with Crippen LogP contribution < -0.4 is 5.73 Å². The normalized spacial score (nSPS) is 27.2. The molecule has 132 valence electrons. The Balaban J connectivity index is 0.00000132. The van der Waals surface area contributed by atoms with Crippen molar-refractivity contribution in [3.05, 3.63) is 18.0 Å². The van der Waals surface area contributed by atoms with E-state index in [1.165, 1.54) is 0 Å². The smallest absolute Gasteiger partial charge is 0.223 e. The van der Waals surface area contributed by atoms with Crippen LogP contribution in [0.3, 0.4) is 0 Å². The highest BCUT2D eigenvalue weighted by Crippen LogP contribution is 2.28. The molecular weight excluding hydrogens is 339 g/mol. The number of amides is 1.